The maximum Gasteiger partial charge on any atom is 0.312 e. The van der Waals surface area contributed by atoms with Crippen molar-refractivity contribution in [1.82, 2.24) is 14.5 Å². The second-order valence-electron chi connectivity index (χ2n) is 8.53. The van der Waals surface area contributed by atoms with Gasteiger partial charge >= 0.3 is 6.41 Å². The summed E-state index contributed by atoms with van der Waals surface area (Å²) in [6.07, 6.45) is 6.93. The Hall–Kier alpha value is -2.78. The quantitative estimate of drug-likeness (QED) is 0.455. The van der Waals surface area contributed by atoms with Crippen molar-refractivity contribution in [1.29, 1.82) is 0 Å². The molecule has 183 valence electrons. The molecule has 2 saturated heterocycles. The topological polar surface area (TPSA) is 69.1 Å². The summed E-state index contributed by atoms with van der Waals surface area (Å²) >= 11 is 12.6. The molecule has 10 heteroatoms. The minimum atomic E-state index is -1.08. The number of aromatic nitrogens is 2. The summed E-state index contributed by atoms with van der Waals surface area (Å²) in [4.78, 5) is 18.8. The molecule has 1 aromatic heterocycles. The summed E-state index contributed by atoms with van der Waals surface area (Å²) in [5, 5.41) is 1.02. The fourth-order valence-corrected chi connectivity index (χ4v) is 4.93. The van der Waals surface area contributed by atoms with Crippen LogP contribution >= 0.6 is 23.2 Å². The lowest BCUT2D eigenvalue weighted by Crippen LogP contribution is -2.45. The van der Waals surface area contributed by atoms with Crippen molar-refractivity contribution in [3.63, 3.8) is 0 Å². The molecule has 2 atom stereocenters. The highest BCUT2D eigenvalue weighted by atomic mass is 35.5. The largest absolute Gasteiger partial charge is 0.491 e. The molecule has 5 rings (SSSR count). The molecular weight excluding hydrogens is 491 g/mol. The Kier molecular flexibility index (Phi) is 7.15. The maximum absolute atomic E-state index is 10.8. The Morgan fingerprint density at radius 2 is 1.91 bits per heavy atom. The van der Waals surface area contributed by atoms with Gasteiger partial charge in [-0.15, -0.1) is 0 Å². The number of carbonyl (C=O) groups excluding carboxylic acids is 1. The predicted molar refractivity (Wildman–Crippen MR) is 133 cm³/mol. The van der Waals surface area contributed by atoms with Crippen molar-refractivity contribution in [2.45, 2.75) is 18.4 Å². The predicted octanol–water partition coefficient (Wildman–Crippen LogP) is 3.73. The lowest BCUT2D eigenvalue weighted by molar-refractivity contribution is -0.189. The SMILES string of the molecule is O=[C]N1CCN(c2ccc(OCC3COC(Cn4ccnc4)(c4ccc(Cl)cc4Cl)O3)cc2)CC1. The van der Waals surface area contributed by atoms with Gasteiger partial charge in [-0.05, 0) is 36.4 Å². The standard InChI is InChI=1S/C25H25Cl2N4O4/c26-19-1-6-23(24(27)13-19)25(16-30-8-7-28-17-30)34-15-22(35-25)14-33-21-4-2-20(3-5-21)31-11-9-29(18-32)10-12-31/h1-8,13,17,22H,9-12,14-16H2. The second-order valence-corrected chi connectivity index (χ2v) is 9.38. The van der Waals surface area contributed by atoms with Crippen LogP contribution in [0.3, 0.4) is 0 Å². The number of ether oxygens (including phenoxy) is 3. The minimum Gasteiger partial charge on any atom is -0.491 e. The van der Waals surface area contributed by atoms with E-state index < -0.39 is 5.79 Å². The highest BCUT2D eigenvalue weighted by Crippen LogP contribution is 2.40. The van der Waals surface area contributed by atoms with Gasteiger partial charge in [-0.1, -0.05) is 29.3 Å². The molecule has 3 heterocycles. The van der Waals surface area contributed by atoms with E-state index in [2.05, 4.69) is 9.88 Å². The average molecular weight is 516 g/mol. The first-order chi connectivity index (χ1) is 17.0. The molecule has 2 fully saturated rings. The Morgan fingerprint density at radius 3 is 2.60 bits per heavy atom. The molecule has 2 unspecified atom stereocenters. The zero-order valence-electron chi connectivity index (χ0n) is 19.0. The number of hydrogen-bond donors (Lipinski definition) is 0. The van der Waals surface area contributed by atoms with Crippen LogP contribution < -0.4 is 9.64 Å². The fourth-order valence-electron chi connectivity index (χ4n) is 4.37. The Labute approximate surface area is 213 Å². The molecule has 2 aliphatic heterocycles. The molecule has 0 saturated carbocycles. The first kappa shape index (κ1) is 23.9. The maximum atomic E-state index is 10.8. The van der Waals surface area contributed by atoms with E-state index in [0.29, 0.717) is 48.5 Å². The van der Waals surface area contributed by atoms with Crippen LogP contribution in [0, 0.1) is 0 Å². The van der Waals surface area contributed by atoms with Gasteiger partial charge in [0.25, 0.3) is 0 Å². The van der Waals surface area contributed by atoms with Crippen molar-refractivity contribution in [2.24, 2.45) is 0 Å². The number of halogens is 2. The van der Waals surface area contributed by atoms with E-state index >= 15 is 0 Å². The summed E-state index contributed by atoms with van der Waals surface area (Å²) < 4.78 is 20.6. The van der Waals surface area contributed by atoms with E-state index in [9.17, 15) is 4.79 Å². The van der Waals surface area contributed by atoms with Crippen molar-refractivity contribution < 1.29 is 19.0 Å². The summed E-state index contributed by atoms with van der Waals surface area (Å²) in [6, 6.07) is 13.2. The third kappa shape index (κ3) is 5.41. The third-order valence-electron chi connectivity index (χ3n) is 6.20. The Bertz CT molecular complexity index is 1140. The molecule has 0 aliphatic carbocycles. The van der Waals surface area contributed by atoms with Gasteiger partial charge in [-0.25, -0.2) is 4.98 Å². The number of imidazole rings is 1. The summed E-state index contributed by atoms with van der Waals surface area (Å²) in [5.41, 5.74) is 1.80. The first-order valence-corrected chi connectivity index (χ1v) is 12.1. The Balaban J connectivity index is 1.23. The number of anilines is 1. The summed E-state index contributed by atoms with van der Waals surface area (Å²) in [5.74, 6) is -0.338. The van der Waals surface area contributed by atoms with Gasteiger partial charge in [0, 0.05) is 54.8 Å². The van der Waals surface area contributed by atoms with Gasteiger partial charge in [0.05, 0.1) is 24.5 Å². The number of rotatable bonds is 8. The Morgan fingerprint density at radius 1 is 1.11 bits per heavy atom. The minimum absolute atomic E-state index is 0.294. The lowest BCUT2D eigenvalue weighted by atomic mass is 10.1. The van der Waals surface area contributed by atoms with Crippen LogP contribution in [0.15, 0.2) is 61.2 Å². The van der Waals surface area contributed by atoms with Gasteiger partial charge in [0.1, 0.15) is 18.5 Å². The van der Waals surface area contributed by atoms with Crippen molar-refractivity contribution in [3.8, 4) is 5.75 Å². The third-order valence-corrected chi connectivity index (χ3v) is 6.75. The molecule has 2 aliphatic rings. The van der Waals surface area contributed by atoms with Crippen molar-refractivity contribution in [2.75, 3.05) is 44.3 Å². The van der Waals surface area contributed by atoms with Crippen molar-refractivity contribution >= 4 is 35.3 Å². The normalized spacial score (nSPS) is 22.4. The smallest absolute Gasteiger partial charge is 0.312 e. The van der Waals surface area contributed by atoms with Crippen LogP contribution in [0.5, 0.6) is 5.75 Å². The number of hydrogen-bond acceptors (Lipinski definition) is 6. The molecule has 2 aromatic carbocycles. The molecule has 0 N–H and O–H groups in total. The monoisotopic (exact) mass is 515 g/mol. The highest BCUT2D eigenvalue weighted by molar-refractivity contribution is 6.35. The van der Waals surface area contributed by atoms with E-state index in [4.69, 9.17) is 37.4 Å². The second kappa shape index (κ2) is 10.5. The van der Waals surface area contributed by atoms with Gasteiger partial charge in [0.15, 0.2) is 0 Å². The highest BCUT2D eigenvalue weighted by Gasteiger charge is 2.45. The van der Waals surface area contributed by atoms with E-state index in [1.165, 1.54) is 0 Å². The number of piperazine rings is 1. The molecule has 1 amide bonds. The lowest BCUT2D eigenvalue weighted by Gasteiger charge is -2.33. The van der Waals surface area contributed by atoms with E-state index in [0.717, 1.165) is 24.5 Å². The summed E-state index contributed by atoms with van der Waals surface area (Å²) in [6.45, 7) is 3.99. The van der Waals surface area contributed by atoms with Gasteiger partial charge in [0.2, 0.25) is 5.79 Å². The zero-order chi connectivity index (χ0) is 24.3. The molecule has 1 radical (unpaired) electrons. The molecule has 0 spiro atoms. The van der Waals surface area contributed by atoms with Crippen LogP contribution in [0.2, 0.25) is 10.0 Å². The number of nitrogens with zero attached hydrogens (tertiary/aromatic N) is 4. The van der Waals surface area contributed by atoms with E-state index in [-0.39, 0.29) is 6.10 Å². The number of amides is 1. The summed E-state index contributed by atoms with van der Waals surface area (Å²) in [7, 11) is 0. The van der Waals surface area contributed by atoms with Crippen LogP contribution in [-0.2, 0) is 26.6 Å². The average Bonchev–Trinajstić information content (AvgIpc) is 3.54. The fraction of sp³-hybridized carbons (Fsp3) is 0.360. The molecular formula is C25H25Cl2N4O4. The first-order valence-electron chi connectivity index (χ1n) is 11.4. The van der Waals surface area contributed by atoms with E-state index in [1.54, 1.807) is 29.6 Å². The molecule has 35 heavy (non-hydrogen) atoms. The van der Waals surface area contributed by atoms with Crippen LogP contribution in [0.25, 0.3) is 0 Å². The van der Waals surface area contributed by atoms with Gasteiger partial charge in [-0.3, -0.25) is 4.79 Å². The van der Waals surface area contributed by atoms with Crippen LogP contribution in [0.1, 0.15) is 5.56 Å². The van der Waals surface area contributed by atoms with E-state index in [1.807, 2.05) is 47.5 Å². The van der Waals surface area contributed by atoms with Crippen LogP contribution in [-0.4, -0.2) is 66.4 Å². The van der Waals surface area contributed by atoms with Crippen molar-refractivity contribution in [3.05, 3.63) is 76.8 Å². The molecule has 8 nitrogen and oxygen atoms in total. The molecule has 0 bridgehead atoms. The number of benzene rings is 2. The van der Waals surface area contributed by atoms with Crippen LogP contribution in [0.4, 0.5) is 5.69 Å². The van der Waals surface area contributed by atoms with Gasteiger partial charge in [-0.2, -0.15) is 0 Å². The van der Waals surface area contributed by atoms with Gasteiger partial charge < -0.3 is 28.6 Å². The zero-order valence-corrected chi connectivity index (χ0v) is 20.5. The molecule has 3 aromatic rings.